The van der Waals surface area contributed by atoms with Crippen LogP contribution in [0.1, 0.15) is 142 Å². The van der Waals surface area contributed by atoms with Crippen molar-refractivity contribution < 1.29 is 50.6 Å². The Hall–Kier alpha value is -5.01. The molecule has 1 saturated heterocycles. The predicted molar refractivity (Wildman–Crippen MR) is 244 cm³/mol. The van der Waals surface area contributed by atoms with Crippen LogP contribution in [0.15, 0.2) is 54.9 Å². The Labute approximate surface area is 385 Å². The van der Waals surface area contributed by atoms with Crippen molar-refractivity contribution in [2.75, 3.05) is 12.3 Å². The van der Waals surface area contributed by atoms with Gasteiger partial charge in [0, 0.05) is 18.9 Å². The molecule has 1 aliphatic heterocycles. The Morgan fingerprint density at radius 2 is 1.55 bits per heavy atom. The number of esters is 2. The lowest BCUT2D eigenvalue weighted by Gasteiger charge is -2.31. The van der Waals surface area contributed by atoms with Crippen LogP contribution in [-0.4, -0.2) is 61.9 Å². The zero-order chi connectivity index (χ0) is 47.5. The molecule has 5 rings (SSSR count). The van der Waals surface area contributed by atoms with Gasteiger partial charge in [-0.1, -0.05) is 121 Å². The van der Waals surface area contributed by atoms with Gasteiger partial charge in [0.1, 0.15) is 42.4 Å². The molecule has 3 heterocycles. The lowest BCUT2D eigenvalue weighted by molar-refractivity contribution is -0.158. The van der Waals surface area contributed by atoms with E-state index in [1.807, 2.05) is 0 Å². The summed E-state index contributed by atoms with van der Waals surface area (Å²) in [6.45, 7) is 4.67. The number of benzene rings is 2. The van der Waals surface area contributed by atoms with Crippen molar-refractivity contribution in [2.45, 2.75) is 166 Å². The number of para-hydroxylation sites is 1. The number of nitrogens with one attached hydrogen (secondary N) is 1. The third-order valence-corrected chi connectivity index (χ3v) is 12.8. The van der Waals surface area contributed by atoms with Gasteiger partial charge in [0.25, 0.3) is 0 Å². The van der Waals surface area contributed by atoms with Gasteiger partial charge in [0.2, 0.25) is 0 Å². The molecule has 360 valence electrons. The molecule has 2 aromatic heterocycles. The maximum atomic E-state index is 14.9. The fourth-order valence-electron chi connectivity index (χ4n) is 7.87. The van der Waals surface area contributed by atoms with E-state index in [4.69, 9.17) is 35.4 Å². The van der Waals surface area contributed by atoms with E-state index in [1.54, 1.807) is 32.0 Å². The molecule has 4 unspecified atom stereocenters. The smallest absolute Gasteiger partial charge is 0.459 e. The Bertz CT molecular complexity index is 2240. The summed E-state index contributed by atoms with van der Waals surface area (Å²) in [7, 11) is -4.76. The van der Waals surface area contributed by atoms with E-state index in [2.05, 4.69) is 32.9 Å². The van der Waals surface area contributed by atoms with Crippen molar-refractivity contribution in [2.24, 2.45) is 0 Å². The highest BCUT2D eigenvalue weighted by molar-refractivity contribution is 7.52. The average molecular weight is 941 g/mol. The minimum Gasteiger partial charge on any atom is -0.462 e. The molecule has 1 aliphatic rings. The van der Waals surface area contributed by atoms with Crippen molar-refractivity contribution in [3.05, 3.63) is 78.1 Å². The van der Waals surface area contributed by atoms with Gasteiger partial charge in [-0.25, -0.2) is 18.3 Å². The highest BCUT2D eigenvalue weighted by Gasteiger charge is 2.53. The van der Waals surface area contributed by atoms with Crippen LogP contribution in [0, 0.1) is 30.1 Å². The summed E-state index contributed by atoms with van der Waals surface area (Å²) in [4.78, 5) is 38.7. The van der Waals surface area contributed by atoms with E-state index in [9.17, 15) is 27.3 Å². The molecule has 0 spiro atoms. The molecular weight excluding hydrogens is 877 g/mol. The number of rotatable bonds is 29. The van der Waals surface area contributed by atoms with E-state index in [1.165, 1.54) is 87.2 Å². The Kier molecular flexibility index (Phi) is 20.3. The maximum absolute atomic E-state index is 14.9. The average Bonchev–Trinajstić information content (AvgIpc) is 3.85. The molecule has 3 N–H and O–H groups in total. The number of nitrogens with two attached hydrogens (primary N) is 1. The molecule has 1 fully saturated rings. The molecule has 0 aliphatic carbocycles. The number of hydrogen-bond acceptors (Lipinski definition) is 12. The van der Waals surface area contributed by atoms with Crippen LogP contribution in [-0.2, 0) is 39.3 Å². The standard InChI is InChI=1S/C48H64F3N6O8P/c1-5-7-8-9-10-11-12-13-14-15-16-17-18-19-23-26-42(58)63-40-31-41(57-33-53-43-44(52)54-47(51)55-45(43)57)64-48(40,6-2)32-61-66(60,65-38-24-21-20-22-25-38)56-39(46(59)62-34(3)4)29-35-27-36(49)30-37(50)28-35/h2,20-22,24-25,27-28,30,33-34,39-41H,5,7-19,23,26,29,31-32H2,1,3-4H3,(H,56,60)(H2,52,54,55)/t39?,40?,41?,48?,66-/m0/s1. The quantitative estimate of drug-likeness (QED) is 0.0173. The van der Waals surface area contributed by atoms with E-state index in [0.29, 0.717) is 12.5 Å². The van der Waals surface area contributed by atoms with Gasteiger partial charge < -0.3 is 24.5 Å². The van der Waals surface area contributed by atoms with Crippen LogP contribution in [0.5, 0.6) is 5.75 Å². The Balaban J connectivity index is 1.30. The van der Waals surface area contributed by atoms with Crippen molar-refractivity contribution in [3.8, 4) is 18.1 Å². The number of aromatic nitrogens is 4. The second kappa shape index (κ2) is 25.8. The summed E-state index contributed by atoms with van der Waals surface area (Å²) in [6.07, 6.45) is 20.5. The van der Waals surface area contributed by atoms with Crippen LogP contribution < -0.4 is 15.3 Å². The molecule has 0 bridgehead atoms. The summed E-state index contributed by atoms with van der Waals surface area (Å²) < 4.78 is 89.2. The first-order valence-corrected chi connectivity index (χ1v) is 24.7. The third kappa shape index (κ3) is 15.8. The summed E-state index contributed by atoms with van der Waals surface area (Å²) in [5.74, 6) is -0.907. The maximum Gasteiger partial charge on any atom is 0.459 e. The Morgan fingerprint density at radius 3 is 2.14 bits per heavy atom. The number of anilines is 1. The SMILES string of the molecule is C#CC1(CO[P@@](=O)(NC(Cc2cc(F)cc(F)c2)C(=O)OC(C)C)Oc2ccccc2)OC(n2cnc3c(N)nc(F)nc32)CC1OC(=O)CCCCCCCCCCCCCCCCC. The minimum atomic E-state index is -4.76. The van der Waals surface area contributed by atoms with Gasteiger partial charge in [-0.05, 0) is 56.5 Å². The van der Waals surface area contributed by atoms with E-state index < -0.39 is 80.5 Å². The second-order valence-corrected chi connectivity index (χ2v) is 18.7. The molecule has 0 saturated carbocycles. The third-order valence-electron chi connectivity index (χ3n) is 11.2. The molecular formula is C48H64F3N6O8P. The number of terminal acetylenes is 1. The monoisotopic (exact) mass is 940 g/mol. The number of nitrogens with zero attached hydrogens (tertiary/aromatic N) is 4. The molecule has 14 nitrogen and oxygen atoms in total. The number of ether oxygens (including phenoxy) is 3. The number of carbonyl (C=O) groups is 2. The fraction of sp³-hybridized carbons (Fsp3) is 0.562. The van der Waals surface area contributed by atoms with Gasteiger partial charge in [0.15, 0.2) is 22.6 Å². The minimum absolute atomic E-state index is 0.0262. The first kappa shape index (κ1) is 52.0. The summed E-state index contributed by atoms with van der Waals surface area (Å²) >= 11 is 0. The molecule has 18 heteroatoms. The summed E-state index contributed by atoms with van der Waals surface area (Å²) in [6, 6.07) is 9.05. The highest BCUT2D eigenvalue weighted by atomic mass is 31.2. The van der Waals surface area contributed by atoms with Crippen molar-refractivity contribution in [1.29, 1.82) is 0 Å². The molecule has 66 heavy (non-hydrogen) atoms. The lowest BCUT2D eigenvalue weighted by atomic mass is 9.98. The van der Waals surface area contributed by atoms with Crippen molar-refractivity contribution >= 4 is 36.7 Å². The number of hydrogen-bond donors (Lipinski definition) is 2. The van der Waals surface area contributed by atoms with Crippen molar-refractivity contribution in [1.82, 2.24) is 24.6 Å². The van der Waals surface area contributed by atoms with Crippen LogP contribution in [0.3, 0.4) is 0 Å². The normalized spacial score (nSPS) is 18.5. The van der Waals surface area contributed by atoms with Gasteiger partial charge in [-0.15, -0.1) is 6.42 Å². The Morgan fingerprint density at radius 1 is 0.939 bits per heavy atom. The summed E-state index contributed by atoms with van der Waals surface area (Å²) in [5, 5.41) is 2.61. The zero-order valence-corrected chi connectivity index (χ0v) is 39.1. The molecule has 0 radical (unpaired) electrons. The summed E-state index contributed by atoms with van der Waals surface area (Å²) in [5.41, 5.74) is 4.05. The van der Waals surface area contributed by atoms with E-state index in [-0.39, 0.29) is 41.1 Å². The van der Waals surface area contributed by atoms with Crippen molar-refractivity contribution in [3.63, 3.8) is 0 Å². The number of fused-ring (bicyclic) bond motifs is 1. The molecule has 2 aromatic carbocycles. The van der Waals surface area contributed by atoms with Crippen LogP contribution >= 0.6 is 7.75 Å². The number of carbonyl (C=O) groups excluding carboxylic acids is 2. The first-order valence-electron chi connectivity index (χ1n) is 23.2. The predicted octanol–water partition coefficient (Wildman–Crippen LogP) is 10.6. The van der Waals surface area contributed by atoms with E-state index >= 15 is 0 Å². The number of imidazole rings is 1. The van der Waals surface area contributed by atoms with E-state index in [0.717, 1.165) is 37.8 Å². The lowest BCUT2D eigenvalue weighted by Crippen LogP contribution is -2.46. The first-order chi connectivity index (χ1) is 31.7. The largest absolute Gasteiger partial charge is 0.462 e. The van der Waals surface area contributed by atoms with Gasteiger partial charge in [0.05, 0.1) is 12.4 Å². The number of unbranched alkanes of at least 4 members (excludes halogenated alkanes) is 14. The van der Waals surface area contributed by atoms with Gasteiger partial charge >= 0.3 is 25.8 Å². The fourth-order valence-corrected chi connectivity index (χ4v) is 9.39. The van der Waals surface area contributed by atoms with Crippen LogP contribution in [0.4, 0.5) is 19.0 Å². The van der Waals surface area contributed by atoms with Gasteiger partial charge in [-0.3, -0.25) is 18.7 Å². The number of halogens is 3. The number of nitrogen functional groups attached to an aromatic ring is 1. The van der Waals surface area contributed by atoms with Crippen LogP contribution in [0.2, 0.25) is 0 Å². The van der Waals surface area contributed by atoms with Crippen LogP contribution in [0.25, 0.3) is 11.2 Å². The molecule has 4 aromatic rings. The zero-order valence-electron chi connectivity index (χ0n) is 38.2. The molecule has 0 amide bonds. The highest BCUT2D eigenvalue weighted by Crippen LogP contribution is 2.49. The molecule has 5 atom stereocenters. The second-order valence-electron chi connectivity index (χ2n) is 17.0. The van der Waals surface area contributed by atoms with Gasteiger partial charge in [-0.2, -0.15) is 19.4 Å². The topological polar surface area (TPSA) is 179 Å².